The number of aromatic nitrogens is 1. The van der Waals surface area contributed by atoms with Crippen molar-refractivity contribution in [3.05, 3.63) is 77.2 Å². The van der Waals surface area contributed by atoms with Gasteiger partial charge in [0.1, 0.15) is 5.00 Å². The molecular formula is C25H23N3O2S2. The molecule has 2 aromatic carbocycles. The summed E-state index contributed by atoms with van der Waals surface area (Å²) in [4.78, 5) is 30.0. The third-order valence-corrected chi connectivity index (χ3v) is 7.33. The normalized spacial score (nSPS) is 11.9. The lowest BCUT2D eigenvalue weighted by Gasteiger charge is -2.14. The molecule has 32 heavy (non-hydrogen) atoms. The summed E-state index contributed by atoms with van der Waals surface area (Å²) in [6.45, 7) is 3.96. The Labute approximate surface area is 195 Å². The van der Waals surface area contributed by atoms with Crippen LogP contribution in [0.1, 0.15) is 29.3 Å². The first kappa shape index (κ1) is 22.0. The zero-order valence-corrected chi connectivity index (χ0v) is 19.4. The predicted octanol–water partition coefficient (Wildman–Crippen LogP) is 5.88. The van der Waals surface area contributed by atoms with E-state index in [-0.39, 0.29) is 11.2 Å². The number of pyridine rings is 1. The fraction of sp³-hybridized carbons (Fsp3) is 0.160. The van der Waals surface area contributed by atoms with Crippen LogP contribution in [0.15, 0.2) is 71.1 Å². The van der Waals surface area contributed by atoms with Crippen molar-refractivity contribution in [1.82, 2.24) is 4.98 Å². The van der Waals surface area contributed by atoms with Crippen molar-refractivity contribution in [3.8, 4) is 11.1 Å². The minimum Gasteiger partial charge on any atom is -0.365 e. The van der Waals surface area contributed by atoms with E-state index in [1.165, 1.54) is 23.1 Å². The summed E-state index contributed by atoms with van der Waals surface area (Å²) in [5.41, 5.74) is 9.68. The average Bonchev–Trinajstić information content (AvgIpc) is 3.21. The van der Waals surface area contributed by atoms with E-state index in [9.17, 15) is 9.59 Å². The average molecular weight is 462 g/mol. The molecule has 0 fully saturated rings. The second kappa shape index (κ2) is 9.54. The number of hydrogen-bond acceptors (Lipinski definition) is 5. The Bertz CT molecular complexity index is 1280. The van der Waals surface area contributed by atoms with Gasteiger partial charge in [-0.15, -0.1) is 11.3 Å². The van der Waals surface area contributed by atoms with Crippen molar-refractivity contribution >= 4 is 50.8 Å². The Morgan fingerprint density at radius 3 is 2.56 bits per heavy atom. The van der Waals surface area contributed by atoms with Crippen LogP contribution in [-0.2, 0) is 4.79 Å². The number of benzene rings is 2. The molecule has 4 rings (SSSR count). The molecule has 1 atom stereocenters. The number of nitrogens with zero attached hydrogens (tertiary/aromatic N) is 1. The van der Waals surface area contributed by atoms with Gasteiger partial charge in [-0.3, -0.25) is 9.59 Å². The van der Waals surface area contributed by atoms with E-state index in [0.29, 0.717) is 17.0 Å². The Kier molecular flexibility index (Phi) is 6.58. The second-order valence-corrected chi connectivity index (χ2v) is 9.53. The van der Waals surface area contributed by atoms with Gasteiger partial charge >= 0.3 is 0 Å². The molecule has 3 N–H and O–H groups in total. The quantitative estimate of drug-likeness (QED) is 0.337. The van der Waals surface area contributed by atoms with Crippen LogP contribution in [0.3, 0.4) is 0 Å². The molecule has 5 nitrogen and oxygen atoms in total. The fourth-order valence-corrected chi connectivity index (χ4v) is 5.31. The van der Waals surface area contributed by atoms with Gasteiger partial charge in [-0.1, -0.05) is 72.8 Å². The Hall–Kier alpha value is -3.16. The maximum Gasteiger partial charge on any atom is 0.252 e. The van der Waals surface area contributed by atoms with Gasteiger partial charge in [0.05, 0.1) is 21.4 Å². The monoisotopic (exact) mass is 461 g/mol. The van der Waals surface area contributed by atoms with E-state index < -0.39 is 5.91 Å². The smallest absolute Gasteiger partial charge is 0.252 e. The molecule has 0 aliphatic rings. The largest absolute Gasteiger partial charge is 0.365 e. The molecule has 0 radical (unpaired) electrons. The van der Waals surface area contributed by atoms with E-state index in [2.05, 4.69) is 10.3 Å². The number of fused-ring (bicyclic) bond motifs is 1. The van der Waals surface area contributed by atoms with Crippen LogP contribution in [0.4, 0.5) is 5.00 Å². The highest BCUT2D eigenvalue weighted by Crippen LogP contribution is 2.36. The van der Waals surface area contributed by atoms with Gasteiger partial charge in [0.2, 0.25) is 5.91 Å². The van der Waals surface area contributed by atoms with Gasteiger partial charge in [0.15, 0.2) is 0 Å². The van der Waals surface area contributed by atoms with Gasteiger partial charge in [0, 0.05) is 16.3 Å². The van der Waals surface area contributed by atoms with Crippen LogP contribution in [0.5, 0.6) is 0 Å². The molecule has 0 saturated heterocycles. The molecule has 1 unspecified atom stereocenters. The third kappa shape index (κ3) is 4.69. The Morgan fingerprint density at radius 1 is 1.09 bits per heavy atom. The predicted molar refractivity (Wildman–Crippen MR) is 133 cm³/mol. The van der Waals surface area contributed by atoms with Crippen molar-refractivity contribution < 1.29 is 9.59 Å². The van der Waals surface area contributed by atoms with E-state index in [1.807, 2.05) is 79.9 Å². The van der Waals surface area contributed by atoms with Crippen LogP contribution in [-0.4, -0.2) is 22.0 Å². The molecular weight excluding hydrogens is 438 g/mol. The van der Waals surface area contributed by atoms with Gasteiger partial charge in [-0.2, -0.15) is 0 Å². The molecule has 4 aromatic rings. The van der Waals surface area contributed by atoms with Gasteiger partial charge in [-0.05, 0) is 31.0 Å². The number of hydrogen-bond donors (Lipinski definition) is 2. The van der Waals surface area contributed by atoms with Crippen LogP contribution in [0.2, 0.25) is 0 Å². The minimum atomic E-state index is -0.561. The van der Waals surface area contributed by atoms with Crippen molar-refractivity contribution in [1.29, 1.82) is 0 Å². The summed E-state index contributed by atoms with van der Waals surface area (Å²) in [6, 6.07) is 19.7. The zero-order chi connectivity index (χ0) is 22.7. The number of aryl methyl sites for hydroxylation is 1. The number of rotatable bonds is 7. The SMILES string of the molecule is CCC(Sc1ccc2ccccc2n1)C(=O)Nc1scc(-c2ccc(C)cc2)c1C(N)=O. The number of para-hydroxylation sites is 1. The van der Waals surface area contributed by atoms with Gasteiger partial charge < -0.3 is 11.1 Å². The van der Waals surface area contributed by atoms with E-state index in [4.69, 9.17) is 5.73 Å². The summed E-state index contributed by atoms with van der Waals surface area (Å²) in [6.07, 6.45) is 0.618. The van der Waals surface area contributed by atoms with E-state index in [0.717, 1.165) is 32.6 Å². The fourth-order valence-electron chi connectivity index (χ4n) is 3.41. The molecule has 0 aliphatic heterocycles. The number of thiophene rings is 1. The number of carbonyl (C=O) groups is 2. The maximum atomic E-state index is 13.1. The van der Waals surface area contributed by atoms with Crippen LogP contribution < -0.4 is 11.1 Å². The highest BCUT2D eigenvalue weighted by atomic mass is 32.2. The lowest BCUT2D eigenvalue weighted by Crippen LogP contribution is -2.25. The lowest BCUT2D eigenvalue weighted by atomic mass is 10.0. The summed E-state index contributed by atoms with van der Waals surface area (Å²) < 4.78 is 0. The van der Waals surface area contributed by atoms with Gasteiger partial charge in [0.25, 0.3) is 5.91 Å². The molecule has 0 aliphatic carbocycles. The Morgan fingerprint density at radius 2 is 1.84 bits per heavy atom. The number of primary amides is 1. The molecule has 0 bridgehead atoms. The highest BCUT2D eigenvalue weighted by Gasteiger charge is 2.24. The van der Waals surface area contributed by atoms with Crippen LogP contribution in [0.25, 0.3) is 22.0 Å². The minimum absolute atomic E-state index is 0.174. The highest BCUT2D eigenvalue weighted by molar-refractivity contribution is 8.00. The number of nitrogens with one attached hydrogen (secondary N) is 1. The summed E-state index contributed by atoms with van der Waals surface area (Å²) in [7, 11) is 0. The third-order valence-electron chi connectivity index (χ3n) is 5.14. The maximum absolute atomic E-state index is 13.1. The second-order valence-electron chi connectivity index (χ2n) is 7.43. The van der Waals surface area contributed by atoms with Crippen molar-refractivity contribution in [2.45, 2.75) is 30.5 Å². The summed E-state index contributed by atoms with van der Waals surface area (Å²) in [5, 5.41) is 6.76. The van der Waals surface area contributed by atoms with E-state index in [1.54, 1.807) is 0 Å². The van der Waals surface area contributed by atoms with Gasteiger partial charge in [-0.25, -0.2) is 4.98 Å². The number of amides is 2. The Balaban J connectivity index is 1.56. The van der Waals surface area contributed by atoms with Crippen LogP contribution >= 0.6 is 23.1 Å². The molecule has 2 heterocycles. The molecule has 162 valence electrons. The molecule has 0 spiro atoms. The first-order chi connectivity index (χ1) is 15.5. The number of thioether (sulfide) groups is 1. The van der Waals surface area contributed by atoms with Crippen LogP contribution in [0, 0.1) is 6.92 Å². The molecule has 7 heteroatoms. The lowest BCUT2D eigenvalue weighted by molar-refractivity contribution is -0.115. The summed E-state index contributed by atoms with van der Waals surface area (Å²) in [5.74, 6) is -0.735. The standard InChI is InChI=1S/C25H23N3O2S2/c1-3-20(32-21-13-12-17-6-4-5-7-19(17)27-21)24(30)28-25-22(23(26)29)18(14-31-25)16-10-8-15(2)9-11-16/h4-14,20H,3H2,1-2H3,(H2,26,29)(H,28,30). The first-order valence-electron chi connectivity index (χ1n) is 10.3. The molecule has 2 aromatic heterocycles. The van der Waals surface area contributed by atoms with Crippen molar-refractivity contribution in [2.75, 3.05) is 5.32 Å². The zero-order valence-electron chi connectivity index (χ0n) is 17.8. The van der Waals surface area contributed by atoms with Crippen molar-refractivity contribution in [2.24, 2.45) is 5.73 Å². The molecule has 2 amide bonds. The number of anilines is 1. The number of nitrogens with two attached hydrogens (primary N) is 1. The van der Waals surface area contributed by atoms with E-state index >= 15 is 0 Å². The first-order valence-corrected chi connectivity index (χ1v) is 12.0. The topological polar surface area (TPSA) is 85.1 Å². The number of carbonyl (C=O) groups excluding carboxylic acids is 2. The summed E-state index contributed by atoms with van der Waals surface area (Å²) >= 11 is 2.73. The molecule has 0 saturated carbocycles. The van der Waals surface area contributed by atoms with Crippen molar-refractivity contribution in [3.63, 3.8) is 0 Å².